The third-order valence-corrected chi connectivity index (χ3v) is 6.71. The monoisotopic (exact) mass is 435 g/mol. The number of anilines is 2. The SMILES string of the molecule is Cc1cccc(N2CCN(C(=O)CCC(=O)N3CCN(c4ccccn4)CC3)CC2)c1C. The van der Waals surface area contributed by atoms with E-state index in [1.54, 1.807) is 6.20 Å². The summed E-state index contributed by atoms with van der Waals surface area (Å²) in [7, 11) is 0. The molecule has 2 aromatic rings. The molecule has 32 heavy (non-hydrogen) atoms. The molecule has 170 valence electrons. The van der Waals surface area contributed by atoms with Crippen molar-refractivity contribution in [2.45, 2.75) is 26.7 Å². The van der Waals surface area contributed by atoms with E-state index in [1.165, 1.54) is 16.8 Å². The van der Waals surface area contributed by atoms with Crippen molar-refractivity contribution in [2.24, 2.45) is 0 Å². The van der Waals surface area contributed by atoms with Crippen LogP contribution in [0.4, 0.5) is 11.5 Å². The molecule has 0 spiro atoms. The molecule has 0 atom stereocenters. The molecule has 2 amide bonds. The predicted octanol–water partition coefficient (Wildman–Crippen LogP) is 2.48. The zero-order valence-corrected chi connectivity index (χ0v) is 19.2. The van der Waals surface area contributed by atoms with Crippen molar-refractivity contribution in [3.05, 3.63) is 53.7 Å². The van der Waals surface area contributed by atoms with Crippen LogP contribution in [0.3, 0.4) is 0 Å². The van der Waals surface area contributed by atoms with Gasteiger partial charge in [-0.25, -0.2) is 4.98 Å². The molecule has 0 radical (unpaired) electrons. The first kappa shape index (κ1) is 22.1. The van der Waals surface area contributed by atoms with Crippen LogP contribution in [0.15, 0.2) is 42.6 Å². The lowest BCUT2D eigenvalue weighted by molar-refractivity contribution is -0.137. The Bertz CT molecular complexity index is 933. The molecule has 0 unspecified atom stereocenters. The summed E-state index contributed by atoms with van der Waals surface area (Å²) < 4.78 is 0. The summed E-state index contributed by atoms with van der Waals surface area (Å²) in [5.74, 6) is 1.12. The molecule has 7 nitrogen and oxygen atoms in total. The van der Waals surface area contributed by atoms with Gasteiger partial charge >= 0.3 is 0 Å². The number of carbonyl (C=O) groups is 2. The van der Waals surface area contributed by atoms with E-state index in [-0.39, 0.29) is 11.8 Å². The van der Waals surface area contributed by atoms with Gasteiger partial charge in [0, 0.05) is 77.1 Å². The summed E-state index contributed by atoms with van der Waals surface area (Å²) in [4.78, 5) is 38.1. The predicted molar refractivity (Wildman–Crippen MR) is 127 cm³/mol. The first-order chi connectivity index (χ1) is 15.5. The first-order valence-corrected chi connectivity index (χ1v) is 11.6. The average molecular weight is 436 g/mol. The van der Waals surface area contributed by atoms with Crippen molar-refractivity contribution in [1.29, 1.82) is 0 Å². The molecule has 0 N–H and O–H groups in total. The number of hydrogen-bond acceptors (Lipinski definition) is 5. The molecule has 1 aromatic carbocycles. The van der Waals surface area contributed by atoms with E-state index >= 15 is 0 Å². The molecule has 2 aliphatic rings. The number of hydrogen-bond donors (Lipinski definition) is 0. The maximum Gasteiger partial charge on any atom is 0.223 e. The second-order valence-corrected chi connectivity index (χ2v) is 8.64. The van der Waals surface area contributed by atoms with Gasteiger partial charge in [0.05, 0.1) is 0 Å². The number of piperazine rings is 2. The van der Waals surface area contributed by atoms with Gasteiger partial charge < -0.3 is 19.6 Å². The number of amides is 2. The van der Waals surface area contributed by atoms with Gasteiger partial charge in [0.1, 0.15) is 5.82 Å². The number of pyridine rings is 1. The molecule has 0 saturated carbocycles. The van der Waals surface area contributed by atoms with Gasteiger partial charge in [-0.1, -0.05) is 18.2 Å². The lowest BCUT2D eigenvalue weighted by atomic mass is 10.1. The van der Waals surface area contributed by atoms with E-state index < -0.39 is 0 Å². The smallest absolute Gasteiger partial charge is 0.223 e. The van der Waals surface area contributed by atoms with E-state index in [2.05, 4.69) is 46.8 Å². The third-order valence-electron chi connectivity index (χ3n) is 6.71. The highest BCUT2D eigenvalue weighted by molar-refractivity contribution is 5.84. The van der Waals surface area contributed by atoms with Gasteiger partial charge in [-0.2, -0.15) is 0 Å². The number of benzene rings is 1. The summed E-state index contributed by atoms with van der Waals surface area (Å²) in [6, 6.07) is 12.3. The van der Waals surface area contributed by atoms with Gasteiger partial charge in [-0.05, 0) is 43.2 Å². The average Bonchev–Trinajstić information content (AvgIpc) is 2.85. The Morgan fingerprint density at radius 1 is 0.750 bits per heavy atom. The summed E-state index contributed by atoms with van der Waals surface area (Å²) in [5, 5.41) is 0. The van der Waals surface area contributed by atoms with Crippen molar-refractivity contribution in [2.75, 3.05) is 62.2 Å². The molecule has 0 aliphatic carbocycles. The summed E-state index contributed by atoms with van der Waals surface area (Å²) in [6.07, 6.45) is 2.38. The number of carbonyl (C=O) groups excluding carboxylic acids is 2. The Labute approximate surface area is 190 Å². The molecule has 2 saturated heterocycles. The highest BCUT2D eigenvalue weighted by Crippen LogP contribution is 2.24. The van der Waals surface area contributed by atoms with Crippen molar-refractivity contribution >= 4 is 23.3 Å². The third kappa shape index (κ3) is 5.03. The Balaban J connectivity index is 1.20. The van der Waals surface area contributed by atoms with Crippen LogP contribution in [0.25, 0.3) is 0 Å². The van der Waals surface area contributed by atoms with E-state index in [4.69, 9.17) is 0 Å². The molecular weight excluding hydrogens is 402 g/mol. The zero-order chi connectivity index (χ0) is 22.5. The topological polar surface area (TPSA) is 60.0 Å². The second-order valence-electron chi connectivity index (χ2n) is 8.64. The number of aryl methyl sites for hydroxylation is 1. The standard InChI is InChI=1S/C25H33N5O2/c1-20-6-5-7-22(21(20)2)27-12-16-29(17-13-27)24(31)9-10-25(32)30-18-14-28(15-19-30)23-8-3-4-11-26-23/h3-8,11H,9-10,12-19H2,1-2H3. The first-order valence-electron chi connectivity index (χ1n) is 11.6. The van der Waals surface area contributed by atoms with Crippen LogP contribution < -0.4 is 9.80 Å². The van der Waals surface area contributed by atoms with E-state index in [1.807, 2.05) is 28.0 Å². The number of rotatable bonds is 5. The Kier molecular flexibility index (Phi) is 6.93. The molecular formula is C25H33N5O2. The molecule has 2 fully saturated rings. The minimum atomic E-state index is 0.0769. The molecule has 0 bridgehead atoms. The van der Waals surface area contributed by atoms with Gasteiger partial charge in [0.2, 0.25) is 11.8 Å². The van der Waals surface area contributed by atoms with Gasteiger partial charge in [0.15, 0.2) is 0 Å². The van der Waals surface area contributed by atoms with Crippen molar-refractivity contribution < 1.29 is 9.59 Å². The van der Waals surface area contributed by atoms with Crippen LogP contribution in [0.1, 0.15) is 24.0 Å². The minimum absolute atomic E-state index is 0.0769. The molecule has 1 aromatic heterocycles. The molecule has 7 heteroatoms. The van der Waals surface area contributed by atoms with E-state index in [0.29, 0.717) is 39.0 Å². The van der Waals surface area contributed by atoms with Crippen LogP contribution in [0.2, 0.25) is 0 Å². The van der Waals surface area contributed by atoms with Gasteiger partial charge in [-0.3, -0.25) is 9.59 Å². The molecule has 4 rings (SSSR count). The maximum atomic E-state index is 12.7. The Hall–Kier alpha value is -3.09. The van der Waals surface area contributed by atoms with Gasteiger partial charge in [-0.15, -0.1) is 0 Å². The lowest BCUT2D eigenvalue weighted by Crippen LogP contribution is -2.50. The van der Waals surface area contributed by atoms with E-state index in [0.717, 1.165) is 32.0 Å². The summed E-state index contributed by atoms with van der Waals surface area (Å²) in [5.41, 5.74) is 3.86. The highest BCUT2D eigenvalue weighted by atomic mass is 16.2. The molecule has 3 heterocycles. The quantitative estimate of drug-likeness (QED) is 0.722. The van der Waals surface area contributed by atoms with Crippen LogP contribution in [-0.4, -0.2) is 79.0 Å². The Morgan fingerprint density at radius 3 is 1.91 bits per heavy atom. The second kappa shape index (κ2) is 10.0. The fourth-order valence-corrected chi connectivity index (χ4v) is 4.53. The summed E-state index contributed by atoms with van der Waals surface area (Å²) in [6.45, 7) is 10.3. The van der Waals surface area contributed by atoms with Crippen molar-refractivity contribution in [1.82, 2.24) is 14.8 Å². The number of aromatic nitrogens is 1. The molecule has 2 aliphatic heterocycles. The maximum absolute atomic E-state index is 12.7. The minimum Gasteiger partial charge on any atom is -0.368 e. The largest absolute Gasteiger partial charge is 0.368 e. The fraction of sp³-hybridized carbons (Fsp3) is 0.480. The lowest BCUT2D eigenvalue weighted by Gasteiger charge is -2.37. The van der Waals surface area contributed by atoms with Crippen LogP contribution >= 0.6 is 0 Å². The zero-order valence-electron chi connectivity index (χ0n) is 19.2. The van der Waals surface area contributed by atoms with Crippen LogP contribution in [0.5, 0.6) is 0 Å². The number of nitrogens with zero attached hydrogens (tertiary/aromatic N) is 5. The van der Waals surface area contributed by atoms with Crippen LogP contribution in [0, 0.1) is 13.8 Å². The highest BCUT2D eigenvalue weighted by Gasteiger charge is 2.25. The fourth-order valence-electron chi connectivity index (χ4n) is 4.53. The van der Waals surface area contributed by atoms with Crippen molar-refractivity contribution in [3.8, 4) is 0 Å². The summed E-state index contributed by atoms with van der Waals surface area (Å²) >= 11 is 0. The van der Waals surface area contributed by atoms with Gasteiger partial charge in [0.25, 0.3) is 0 Å². The van der Waals surface area contributed by atoms with Crippen molar-refractivity contribution in [3.63, 3.8) is 0 Å². The van der Waals surface area contributed by atoms with Crippen LogP contribution in [-0.2, 0) is 9.59 Å². The Morgan fingerprint density at radius 2 is 1.34 bits per heavy atom. The normalized spacial score (nSPS) is 16.9. The van der Waals surface area contributed by atoms with E-state index in [9.17, 15) is 9.59 Å².